The van der Waals surface area contributed by atoms with E-state index in [4.69, 9.17) is 16.9 Å². The average Bonchev–Trinajstić information content (AvgIpc) is 2.61. The van der Waals surface area contributed by atoms with Crippen molar-refractivity contribution >= 4 is 17.3 Å². The Morgan fingerprint density at radius 1 is 1.24 bits per heavy atom. The smallest absolute Gasteiger partial charge is 0.101 e. The van der Waals surface area contributed by atoms with Crippen LogP contribution in [-0.4, -0.2) is 6.04 Å². The van der Waals surface area contributed by atoms with Crippen LogP contribution in [-0.2, 0) is 0 Å². The lowest BCUT2D eigenvalue weighted by molar-refractivity contribution is 0.457. The number of nitrogens with one attached hydrogen (secondary N) is 1. The Morgan fingerprint density at radius 2 is 1.82 bits per heavy atom. The van der Waals surface area contributed by atoms with Gasteiger partial charge in [-0.25, -0.2) is 0 Å². The van der Waals surface area contributed by atoms with Crippen molar-refractivity contribution in [2.24, 2.45) is 10.8 Å². The Balaban J connectivity index is 2.18. The van der Waals surface area contributed by atoms with Gasteiger partial charge in [0, 0.05) is 11.7 Å². The zero-order valence-electron chi connectivity index (χ0n) is 10.6. The van der Waals surface area contributed by atoms with Gasteiger partial charge >= 0.3 is 0 Å². The molecule has 1 fully saturated rings. The molecule has 0 radical (unpaired) electrons. The number of benzene rings is 1. The van der Waals surface area contributed by atoms with Gasteiger partial charge in [-0.15, -0.1) is 0 Å². The zero-order chi connectivity index (χ0) is 12.8. The van der Waals surface area contributed by atoms with Gasteiger partial charge < -0.3 is 5.32 Å². The fourth-order valence-corrected chi connectivity index (χ4v) is 2.64. The summed E-state index contributed by atoms with van der Waals surface area (Å²) in [6, 6.07) is 8.00. The van der Waals surface area contributed by atoms with E-state index < -0.39 is 0 Å². The first-order valence-electron chi connectivity index (χ1n) is 5.77. The molecule has 1 N–H and O–H groups in total. The molecule has 1 aromatic rings. The first-order valence-corrected chi connectivity index (χ1v) is 6.14. The second-order valence-electron chi connectivity index (χ2n) is 5.83. The summed E-state index contributed by atoms with van der Waals surface area (Å²) in [7, 11) is 0. The summed E-state index contributed by atoms with van der Waals surface area (Å²) in [5, 5.41) is 12.8. The molecule has 0 atom stereocenters. The van der Waals surface area contributed by atoms with E-state index in [0.29, 0.717) is 16.6 Å². The topological polar surface area (TPSA) is 35.8 Å². The summed E-state index contributed by atoms with van der Waals surface area (Å²) >= 11 is 6.01. The molecular formula is C14H17ClN2. The summed E-state index contributed by atoms with van der Waals surface area (Å²) in [5.74, 6) is 0. The Morgan fingerprint density at radius 3 is 2.24 bits per heavy atom. The Bertz CT molecular complexity index is 483. The van der Waals surface area contributed by atoms with Crippen LogP contribution in [0.3, 0.4) is 0 Å². The number of anilines is 1. The molecule has 17 heavy (non-hydrogen) atoms. The first-order chi connectivity index (χ1) is 7.80. The molecule has 90 valence electrons. The molecule has 3 heteroatoms. The van der Waals surface area contributed by atoms with Gasteiger partial charge in [0.15, 0.2) is 0 Å². The van der Waals surface area contributed by atoms with Crippen molar-refractivity contribution in [3.63, 3.8) is 0 Å². The number of rotatable bonds is 2. The first kappa shape index (κ1) is 12.3. The monoisotopic (exact) mass is 248 g/mol. The number of halogens is 1. The molecule has 0 aromatic heterocycles. The van der Waals surface area contributed by atoms with Crippen LogP contribution in [0.25, 0.3) is 0 Å². The van der Waals surface area contributed by atoms with E-state index in [9.17, 15) is 0 Å². The normalized spacial score (nSPS) is 20.7. The average molecular weight is 249 g/mol. The lowest BCUT2D eigenvalue weighted by atomic mass is 10.0. The standard InChI is InChI=1S/C14H17ClN2/c1-13(2)12(14(13,3)4)17-10-6-5-9(8-16)11(15)7-10/h5-7,12,17H,1-4H3. The lowest BCUT2D eigenvalue weighted by Gasteiger charge is -2.09. The minimum atomic E-state index is 0.285. The van der Waals surface area contributed by atoms with Crippen molar-refractivity contribution in [1.29, 1.82) is 5.26 Å². The minimum absolute atomic E-state index is 0.285. The molecule has 1 aliphatic rings. The maximum atomic E-state index is 8.81. The highest BCUT2D eigenvalue weighted by Crippen LogP contribution is 2.63. The maximum absolute atomic E-state index is 8.81. The van der Waals surface area contributed by atoms with E-state index in [1.165, 1.54) is 0 Å². The molecule has 1 aromatic carbocycles. The molecule has 0 aliphatic heterocycles. The van der Waals surface area contributed by atoms with Crippen molar-refractivity contribution in [3.05, 3.63) is 28.8 Å². The summed E-state index contributed by atoms with van der Waals surface area (Å²) in [4.78, 5) is 0. The third-order valence-corrected chi connectivity index (χ3v) is 4.73. The third-order valence-electron chi connectivity index (χ3n) is 4.42. The quantitative estimate of drug-likeness (QED) is 0.857. The van der Waals surface area contributed by atoms with E-state index >= 15 is 0 Å². The van der Waals surface area contributed by atoms with Gasteiger partial charge in [-0.1, -0.05) is 39.3 Å². The number of nitrogens with zero attached hydrogens (tertiary/aromatic N) is 1. The molecule has 0 bridgehead atoms. The fraction of sp³-hybridized carbons (Fsp3) is 0.500. The molecule has 0 heterocycles. The van der Waals surface area contributed by atoms with Crippen LogP contribution in [0.15, 0.2) is 18.2 Å². The Hall–Kier alpha value is -1.20. The molecule has 1 saturated carbocycles. The van der Waals surface area contributed by atoms with E-state index in [-0.39, 0.29) is 10.8 Å². The minimum Gasteiger partial charge on any atom is -0.381 e. The molecule has 0 unspecified atom stereocenters. The highest BCUT2D eigenvalue weighted by molar-refractivity contribution is 6.32. The number of hydrogen-bond acceptors (Lipinski definition) is 2. The van der Waals surface area contributed by atoms with Gasteiger partial charge in [0.25, 0.3) is 0 Å². The van der Waals surface area contributed by atoms with Crippen molar-refractivity contribution in [2.75, 3.05) is 5.32 Å². The van der Waals surface area contributed by atoms with E-state index in [1.807, 2.05) is 12.1 Å². The molecule has 2 rings (SSSR count). The van der Waals surface area contributed by atoms with Crippen LogP contribution in [0.5, 0.6) is 0 Å². The molecule has 0 spiro atoms. The molecule has 1 aliphatic carbocycles. The van der Waals surface area contributed by atoms with E-state index in [1.54, 1.807) is 6.07 Å². The predicted octanol–water partition coefficient (Wildman–Crippen LogP) is 4.06. The second kappa shape index (κ2) is 3.65. The van der Waals surface area contributed by atoms with Crippen molar-refractivity contribution in [3.8, 4) is 6.07 Å². The molecular weight excluding hydrogens is 232 g/mol. The second-order valence-corrected chi connectivity index (χ2v) is 6.23. The van der Waals surface area contributed by atoms with Crippen LogP contribution >= 0.6 is 11.6 Å². The Kier molecular flexibility index (Phi) is 2.63. The van der Waals surface area contributed by atoms with Crippen molar-refractivity contribution in [2.45, 2.75) is 33.7 Å². The van der Waals surface area contributed by atoms with Crippen molar-refractivity contribution < 1.29 is 0 Å². The van der Waals surface area contributed by atoms with E-state index in [0.717, 1.165) is 5.69 Å². The van der Waals surface area contributed by atoms with Gasteiger partial charge in [-0.2, -0.15) is 5.26 Å². The summed E-state index contributed by atoms with van der Waals surface area (Å²) in [6.45, 7) is 9.04. The van der Waals surface area contributed by atoms with E-state index in [2.05, 4.69) is 39.1 Å². The third kappa shape index (κ3) is 1.79. The summed E-state index contributed by atoms with van der Waals surface area (Å²) in [6.07, 6.45) is 0. The fourth-order valence-electron chi connectivity index (χ4n) is 2.42. The van der Waals surface area contributed by atoms with Crippen LogP contribution in [0, 0.1) is 22.2 Å². The van der Waals surface area contributed by atoms with Gasteiger partial charge in [0.2, 0.25) is 0 Å². The van der Waals surface area contributed by atoms with Crippen LogP contribution < -0.4 is 5.32 Å². The lowest BCUT2D eigenvalue weighted by Crippen LogP contribution is -2.09. The van der Waals surface area contributed by atoms with Crippen molar-refractivity contribution in [1.82, 2.24) is 0 Å². The molecule has 2 nitrogen and oxygen atoms in total. The SMILES string of the molecule is CC1(C)C(Nc2ccc(C#N)c(Cl)c2)C1(C)C. The Labute approximate surface area is 108 Å². The highest BCUT2D eigenvalue weighted by Gasteiger charge is 2.64. The summed E-state index contributed by atoms with van der Waals surface area (Å²) in [5.41, 5.74) is 2.07. The summed E-state index contributed by atoms with van der Waals surface area (Å²) < 4.78 is 0. The van der Waals surface area contributed by atoms with Crippen LogP contribution in [0.4, 0.5) is 5.69 Å². The number of nitriles is 1. The van der Waals surface area contributed by atoms with Gasteiger partial charge in [-0.3, -0.25) is 0 Å². The molecule has 0 amide bonds. The van der Waals surface area contributed by atoms with Crippen LogP contribution in [0.2, 0.25) is 5.02 Å². The van der Waals surface area contributed by atoms with Crippen LogP contribution in [0.1, 0.15) is 33.3 Å². The van der Waals surface area contributed by atoms with Gasteiger partial charge in [0.1, 0.15) is 6.07 Å². The number of hydrogen-bond donors (Lipinski definition) is 1. The van der Waals surface area contributed by atoms with Gasteiger partial charge in [-0.05, 0) is 29.0 Å². The molecule has 0 saturated heterocycles. The highest BCUT2D eigenvalue weighted by atomic mass is 35.5. The predicted molar refractivity (Wildman–Crippen MR) is 71.1 cm³/mol. The van der Waals surface area contributed by atoms with Gasteiger partial charge in [0.05, 0.1) is 10.6 Å². The maximum Gasteiger partial charge on any atom is 0.101 e. The largest absolute Gasteiger partial charge is 0.381 e. The zero-order valence-corrected chi connectivity index (χ0v) is 11.4.